The van der Waals surface area contributed by atoms with Gasteiger partial charge in [-0.05, 0) is 30.5 Å². The molecule has 1 fully saturated rings. The van der Waals surface area contributed by atoms with Crippen LogP contribution in [0.15, 0.2) is 36.9 Å². The maximum absolute atomic E-state index is 12.6. The van der Waals surface area contributed by atoms with E-state index in [1.165, 1.54) is 6.33 Å². The molecule has 7 heteroatoms. The molecule has 0 radical (unpaired) electrons. The molecule has 6 nitrogen and oxygen atoms in total. The highest BCUT2D eigenvalue weighted by molar-refractivity contribution is 5.95. The maximum Gasteiger partial charge on any atom is 0.251 e. The van der Waals surface area contributed by atoms with Gasteiger partial charge in [0, 0.05) is 18.2 Å². The molecule has 124 valence electrons. The van der Waals surface area contributed by atoms with Crippen LogP contribution in [0, 0.1) is 5.92 Å². The predicted octanol–water partition coefficient (Wildman–Crippen LogP) is 1.48. The molecule has 0 spiro atoms. The van der Waals surface area contributed by atoms with Crippen molar-refractivity contribution in [2.45, 2.75) is 25.9 Å². The molecule has 1 aromatic carbocycles. The molecule has 1 amide bonds. The monoisotopic (exact) mass is 335 g/mol. The summed E-state index contributed by atoms with van der Waals surface area (Å²) >= 11 is 0. The van der Waals surface area contributed by atoms with Gasteiger partial charge in [-0.3, -0.25) is 4.79 Å². The van der Waals surface area contributed by atoms with Crippen molar-refractivity contribution in [3.8, 4) is 0 Å². The number of hydrogen-bond donors (Lipinski definition) is 2. The first-order chi connectivity index (χ1) is 10.7. The second-order valence-corrected chi connectivity index (χ2v) is 5.80. The molecule has 2 heterocycles. The summed E-state index contributed by atoms with van der Waals surface area (Å²) in [6.07, 6.45) is 4.24. The summed E-state index contributed by atoms with van der Waals surface area (Å²) < 4.78 is 1.72. The largest absolute Gasteiger partial charge is 0.348 e. The molecule has 1 saturated heterocycles. The summed E-state index contributed by atoms with van der Waals surface area (Å²) in [5.74, 6) is 0.476. The molecule has 2 N–H and O–H groups in total. The molecule has 2 unspecified atom stereocenters. The van der Waals surface area contributed by atoms with Gasteiger partial charge in [0.2, 0.25) is 0 Å². The zero-order chi connectivity index (χ0) is 15.4. The molecule has 1 aliphatic rings. The number of carbonyl (C=O) groups is 1. The van der Waals surface area contributed by atoms with Gasteiger partial charge in [-0.15, -0.1) is 12.4 Å². The number of nitrogens with zero attached hydrogens (tertiary/aromatic N) is 3. The fourth-order valence-corrected chi connectivity index (χ4v) is 2.80. The van der Waals surface area contributed by atoms with Gasteiger partial charge in [-0.2, -0.15) is 5.10 Å². The lowest BCUT2D eigenvalue weighted by Gasteiger charge is -2.30. The van der Waals surface area contributed by atoms with Gasteiger partial charge in [-0.1, -0.05) is 25.1 Å². The Hall–Kier alpha value is -1.92. The van der Waals surface area contributed by atoms with E-state index in [2.05, 4.69) is 27.6 Å². The summed E-state index contributed by atoms with van der Waals surface area (Å²) in [7, 11) is 0. The second kappa shape index (κ2) is 8.08. The van der Waals surface area contributed by atoms with Crippen molar-refractivity contribution in [2.24, 2.45) is 5.92 Å². The maximum atomic E-state index is 12.6. The van der Waals surface area contributed by atoms with Crippen LogP contribution in [-0.4, -0.2) is 39.8 Å². The number of rotatable bonds is 4. The first kappa shape index (κ1) is 17.4. The van der Waals surface area contributed by atoms with E-state index in [0.29, 0.717) is 18.0 Å². The standard InChI is InChI=1S/C16H21N5O.ClH/c1-12-6-7-17-8-15(12)20-16(22)14-5-3-2-4-13(14)9-21-11-18-10-19-21;/h2-5,10-12,15,17H,6-9H2,1H3,(H,20,22);1H. The molecule has 23 heavy (non-hydrogen) atoms. The van der Waals surface area contributed by atoms with Crippen molar-refractivity contribution < 1.29 is 4.79 Å². The lowest BCUT2D eigenvalue weighted by atomic mass is 9.94. The highest BCUT2D eigenvalue weighted by Gasteiger charge is 2.23. The second-order valence-electron chi connectivity index (χ2n) is 5.80. The van der Waals surface area contributed by atoms with Crippen molar-refractivity contribution >= 4 is 18.3 Å². The quantitative estimate of drug-likeness (QED) is 0.887. The Balaban J connectivity index is 0.00000192. The SMILES string of the molecule is CC1CCNCC1NC(=O)c1ccccc1Cn1cncn1.Cl. The number of carbonyl (C=O) groups excluding carboxylic acids is 1. The van der Waals surface area contributed by atoms with Crippen molar-refractivity contribution in [2.75, 3.05) is 13.1 Å². The van der Waals surface area contributed by atoms with Crippen LogP contribution in [0.5, 0.6) is 0 Å². The number of amides is 1. The summed E-state index contributed by atoms with van der Waals surface area (Å²) in [5, 5.41) is 10.6. The Labute approximate surface area is 142 Å². The first-order valence-electron chi connectivity index (χ1n) is 7.66. The zero-order valence-electron chi connectivity index (χ0n) is 13.1. The van der Waals surface area contributed by atoms with Crippen LogP contribution < -0.4 is 10.6 Å². The van der Waals surface area contributed by atoms with Crippen LogP contribution in [0.1, 0.15) is 29.3 Å². The van der Waals surface area contributed by atoms with E-state index in [0.717, 1.165) is 25.1 Å². The van der Waals surface area contributed by atoms with Gasteiger partial charge in [-0.25, -0.2) is 9.67 Å². The Morgan fingerprint density at radius 1 is 1.43 bits per heavy atom. The molecular weight excluding hydrogens is 314 g/mol. The summed E-state index contributed by atoms with van der Waals surface area (Å²) in [6, 6.07) is 7.83. The molecule has 2 aromatic rings. The third-order valence-corrected chi connectivity index (χ3v) is 4.20. The van der Waals surface area contributed by atoms with E-state index in [1.807, 2.05) is 24.3 Å². The average molecular weight is 336 g/mol. The lowest BCUT2D eigenvalue weighted by molar-refractivity contribution is 0.0914. The van der Waals surface area contributed by atoms with E-state index in [1.54, 1.807) is 11.0 Å². The Morgan fingerprint density at radius 2 is 2.26 bits per heavy atom. The van der Waals surface area contributed by atoms with Crippen LogP contribution >= 0.6 is 12.4 Å². The van der Waals surface area contributed by atoms with Crippen LogP contribution in [0.25, 0.3) is 0 Å². The molecule has 0 bridgehead atoms. The molecule has 0 aliphatic carbocycles. The minimum atomic E-state index is -0.0173. The van der Waals surface area contributed by atoms with Gasteiger partial charge in [0.1, 0.15) is 12.7 Å². The fraction of sp³-hybridized carbons (Fsp3) is 0.438. The molecular formula is C16H22ClN5O. The summed E-state index contributed by atoms with van der Waals surface area (Å²) in [4.78, 5) is 16.6. The smallest absolute Gasteiger partial charge is 0.251 e. The molecule has 2 atom stereocenters. The van der Waals surface area contributed by atoms with E-state index in [-0.39, 0.29) is 24.4 Å². The van der Waals surface area contributed by atoms with Gasteiger partial charge in [0.25, 0.3) is 5.91 Å². The normalized spacial score (nSPS) is 20.6. The van der Waals surface area contributed by atoms with Crippen LogP contribution in [0.3, 0.4) is 0 Å². The van der Waals surface area contributed by atoms with Crippen molar-refractivity contribution in [1.82, 2.24) is 25.4 Å². The average Bonchev–Trinajstić information content (AvgIpc) is 3.03. The van der Waals surface area contributed by atoms with E-state index in [9.17, 15) is 4.79 Å². The zero-order valence-corrected chi connectivity index (χ0v) is 13.9. The highest BCUT2D eigenvalue weighted by atomic mass is 35.5. The first-order valence-corrected chi connectivity index (χ1v) is 7.66. The van der Waals surface area contributed by atoms with E-state index < -0.39 is 0 Å². The van der Waals surface area contributed by atoms with Crippen LogP contribution in [0.2, 0.25) is 0 Å². The summed E-state index contributed by atoms with van der Waals surface area (Å²) in [6.45, 7) is 4.59. The number of aromatic nitrogens is 3. The number of benzene rings is 1. The molecule has 3 rings (SSSR count). The van der Waals surface area contributed by atoms with Crippen LogP contribution in [0.4, 0.5) is 0 Å². The van der Waals surface area contributed by atoms with Crippen molar-refractivity contribution in [1.29, 1.82) is 0 Å². The van der Waals surface area contributed by atoms with Gasteiger partial charge >= 0.3 is 0 Å². The third-order valence-electron chi connectivity index (χ3n) is 4.20. The predicted molar refractivity (Wildman–Crippen MR) is 90.7 cm³/mol. The minimum Gasteiger partial charge on any atom is -0.348 e. The highest BCUT2D eigenvalue weighted by Crippen LogP contribution is 2.14. The Kier molecular flexibility index (Phi) is 6.12. The lowest BCUT2D eigenvalue weighted by Crippen LogP contribution is -2.50. The fourth-order valence-electron chi connectivity index (χ4n) is 2.80. The topological polar surface area (TPSA) is 71.8 Å². The third kappa shape index (κ3) is 4.30. The number of nitrogens with one attached hydrogen (secondary N) is 2. The van der Waals surface area contributed by atoms with Gasteiger partial charge < -0.3 is 10.6 Å². The molecule has 1 aromatic heterocycles. The molecule has 0 saturated carbocycles. The summed E-state index contributed by atoms with van der Waals surface area (Å²) in [5.41, 5.74) is 1.65. The van der Waals surface area contributed by atoms with Crippen molar-refractivity contribution in [3.63, 3.8) is 0 Å². The van der Waals surface area contributed by atoms with E-state index >= 15 is 0 Å². The number of halogens is 1. The number of piperidine rings is 1. The van der Waals surface area contributed by atoms with Gasteiger partial charge in [0.05, 0.1) is 6.54 Å². The van der Waals surface area contributed by atoms with E-state index in [4.69, 9.17) is 0 Å². The number of hydrogen-bond acceptors (Lipinski definition) is 4. The van der Waals surface area contributed by atoms with Gasteiger partial charge in [0.15, 0.2) is 0 Å². The Morgan fingerprint density at radius 3 is 3.00 bits per heavy atom. The minimum absolute atomic E-state index is 0. The van der Waals surface area contributed by atoms with Crippen molar-refractivity contribution in [3.05, 3.63) is 48.0 Å². The molecule has 1 aliphatic heterocycles. The Bertz CT molecular complexity index is 631. The van der Waals surface area contributed by atoms with Crippen LogP contribution in [-0.2, 0) is 6.54 Å².